The molecule has 2 unspecified atom stereocenters. The Morgan fingerprint density at radius 3 is 2.71 bits per heavy atom. The fourth-order valence-corrected chi connectivity index (χ4v) is 6.02. The number of imidazole rings is 1. The summed E-state index contributed by atoms with van der Waals surface area (Å²) in [5, 5.41) is 9.62. The number of hydrogen-bond donors (Lipinski definition) is 1. The van der Waals surface area contributed by atoms with Crippen molar-refractivity contribution >= 4 is 39.0 Å². The van der Waals surface area contributed by atoms with E-state index in [1.807, 2.05) is 4.90 Å². The zero-order valence-electron chi connectivity index (χ0n) is 21.6. The molecule has 0 bridgehead atoms. The van der Waals surface area contributed by atoms with Gasteiger partial charge in [-0.2, -0.15) is 5.10 Å². The number of fused-ring (bicyclic) bond motifs is 2. The molecule has 3 aromatic heterocycles. The first-order valence-electron chi connectivity index (χ1n) is 13.1. The number of aromatic nitrogens is 5. The lowest BCUT2D eigenvalue weighted by molar-refractivity contribution is -0.118. The summed E-state index contributed by atoms with van der Waals surface area (Å²) in [5.74, 6) is -1.47. The van der Waals surface area contributed by atoms with Crippen molar-refractivity contribution in [2.45, 2.75) is 25.2 Å². The second kappa shape index (κ2) is 10.3. The minimum absolute atomic E-state index is 0.113. The van der Waals surface area contributed by atoms with Gasteiger partial charge < -0.3 is 14.2 Å². The molecule has 0 spiro atoms. The molecule has 1 saturated heterocycles. The third-order valence-electron chi connectivity index (χ3n) is 7.45. The molecule has 7 rings (SSSR count). The van der Waals surface area contributed by atoms with E-state index in [0.29, 0.717) is 59.6 Å². The highest BCUT2D eigenvalue weighted by Crippen LogP contribution is 2.33. The normalized spacial score (nSPS) is 17.6. The summed E-state index contributed by atoms with van der Waals surface area (Å²) in [5.41, 5.74) is 2.62. The summed E-state index contributed by atoms with van der Waals surface area (Å²) >= 11 is 1.25. The van der Waals surface area contributed by atoms with Gasteiger partial charge in [0.25, 0.3) is 5.91 Å². The summed E-state index contributed by atoms with van der Waals surface area (Å²) in [6, 6.07) is 6.70. The van der Waals surface area contributed by atoms with E-state index in [-0.39, 0.29) is 23.9 Å². The van der Waals surface area contributed by atoms with Crippen LogP contribution in [0, 0.1) is 11.6 Å². The van der Waals surface area contributed by atoms with Crippen LogP contribution in [0.25, 0.3) is 22.0 Å². The number of morpholine rings is 1. The van der Waals surface area contributed by atoms with Gasteiger partial charge in [-0.05, 0) is 35.4 Å². The zero-order valence-corrected chi connectivity index (χ0v) is 22.5. The van der Waals surface area contributed by atoms with Crippen LogP contribution in [0.4, 0.5) is 24.0 Å². The first-order valence-corrected chi connectivity index (χ1v) is 14.0. The fraction of sp³-hybridized carbons (Fsp3) is 0.286. The predicted octanol–water partition coefficient (Wildman–Crippen LogP) is 4.59. The Bertz CT molecular complexity index is 1750. The number of nitrogens with zero attached hydrogens (tertiary/aromatic N) is 6. The van der Waals surface area contributed by atoms with Crippen molar-refractivity contribution in [2.24, 2.45) is 0 Å². The zero-order chi connectivity index (χ0) is 28.1. The number of rotatable bonds is 6. The van der Waals surface area contributed by atoms with Crippen molar-refractivity contribution in [3.05, 3.63) is 77.5 Å². The van der Waals surface area contributed by atoms with Gasteiger partial charge in [-0.15, -0.1) is 11.3 Å². The molecule has 1 fully saturated rings. The number of amides is 1. The molecule has 0 aliphatic carbocycles. The molecule has 5 aromatic rings. The van der Waals surface area contributed by atoms with E-state index in [4.69, 9.17) is 4.74 Å². The largest absolute Gasteiger partial charge is 0.378 e. The van der Waals surface area contributed by atoms with Crippen LogP contribution < -0.4 is 10.2 Å². The molecule has 2 aliphatic heterocycles. The highest BCUT2D eigenvalue weighted by molar-refractivity contribution is 7.13. The molecular weight excluding hydrogens is 555 g/mol. The highest BCUT2D eigenvalue weighted by Gasteiger charge is 2.34. The maximum absolute atomic E-state index is 15.5. The number of nitrogens with one attached hydrogen (secondary N) is 1. The molecule has 2 atom stereocenters. The van der Waals surface area contributed by atoms with Crippen molar-refractivity contribution in [3.8, 4) is 11.1 Å². The summed E-state index contributed by atoms with van der Waals surface area (Å²) < 4.78 is 53.2. The van der Waals surface area contributed by atoms with Crippen LogP contribution in [0.3, 0.4) is 0 Å². The molecule has 210 valence electrons. The van der Waals surface area contributed by atoms with Gasteiger partial charge in [-0.3, -0.25) is 14.8 Å². The fourth-order valence-electron chi connectivity index (χ4n) is 5.49. The molecule has 2 aromatic carbocycles. The minimum atomic E-state index is -1.10. The van der Waals surface area contributed by atoms with Crippen molar-refractivity contribution in [2.75, 3.05) is 36.5 Å². The Balaban J connectivity index is 1.26. The number of carbonyl (C=O) groups is 1. The van der Waals surface area contributed by atoms with Crippen LogP contribution in [0.5, 0.6) is 0 Å². The van der Waals surface area contributed by atoms with Gasteiger partial charge in [0.2, 0.25) is 0 Å². The van der Waals surface area contributed by atoms with E-state index < -0.39 is 29.8 Å². The smallest absolute Gasteiger partial charge is 0.257 e. The van der Waals surface area contributed by atoms with Crippen LogP contribution in [-0.2, 0) is 22.5 Å². The van der Waals surface area contributed by atoms with E-state index in [0.717, 1.165) is 0 Å². The Morgan fingerprint density at radius 2 is 1.93 bits per heavy atom. The van der Waals surface area contributed by atoms with Gasteiger partial charge in [0.05, 0.1) is 48.4 Å². The van der Waals surface area contributed by atoms with E-state index >= 15 is 8.78 Å². The lowest BCUT2D eigenvalue weighted by Crippen LogP contribution is -2.36. The Morgan fingerprint density at radius 1 is 1.10 bits per heavy atom. The van der Waals surface area contributed by atoms with Gasteiger partial charge in [-0.25, -0.2) is 23.1 Å². The summed E-state index contributed by atoms with van der Waals surface area (Å²) in [6.07, 6.45) is 3.54. The third-order valence-corrected chi connectivity index (χ3v) is 8.14. The van der Waals surface area contributed by atoms with Gasteiger partial charge >= 0.3 is 0 Å². The van der Waals surface area contributed by atoms with E-state index in [1.165, 1.54) is 40.7 Å². The molecule has 13 heteroatoms. The predicted molar refractivity (Wildman–Crippen MR) is 148 cm³/mol. The van der Waals surface area contributed by atoms with Crippen molar-refractivity contribution in [3.63, 3.8) is 0 Å². The number of anilines is 2. The topological polar surface area (TPSA) is 90.1 Å². The molecule has 9 nitrogen and oxygen atoms in total. The second-order valence-electron chi connectivity index (χ2n) is 10.0. The molecule has 1 N–H and O–H groups in total. The second-order valence-corrected chi connectivity index (χ2v) is 10.9. The Hall–Kier alpha value is -4.23. The molecule has 0 saturated carbocycles. The highest BCUT2D eigenvalue weighted by atomic mass is 32.1. The van der Waals surface area contributed by atoms with Crippen molar-refractivity contribution in [1.29, 1.82) is 0 Å². The minimum Gasteiger partial charge on any atom is -0.378 e. The number of hydrogen-bond acceptors (Lipinski definition) is 7. The van der Waals surface area contributed by atoms with Gasteiger partial charge in [-0.1, -0.05) is 6.07 Å². The lowest BCUT2D eigenvalue weighted by Gasteiger charge is -2.29. The quantitative estimate of drug-likeness (QED) is 0.317. The van der Waals surface area contributed by atoms with E-state index in [9.17, 15) is 9.18 Å². The summed E-state index contributed by atoms with van der Waals surface area (Å²) in [6.45, 7) is 2.41. The van der Waals surface area contributed by atoms with Crippen LogP contribution in [0.1, 0.15) is 17.4 Å². The maximum Gasteiger partial charge on any atom is 0.257 e. The number of alkyl halides is 1. The lowest BCUT2D eigenvalue weighted by atomic mass is 10.0. The third kappa shape index (κ3) is 4.74. The Labute approximate surface area is 236 Å². The summed E-state index contributed by atoms with van der Waals surface area (Å²) in [7, 11) is 0. The van der Waals surface area contributed by atoms with Gasteiger partial charge in [0.1, 0.15) is 17.8 Å². The van der Waals surface area contributed by atoms with Gasteiger partial charge in [0.15, 0.2) is 11.2 Å². The number of carbonyl (C=O) groups excluding carboxylic acids is 1. The van der Waals surface area contributed by atoms with Crippen molar-refractivity contribution in [1.82, 2.24) is 24.3 Å². The van der Waals surface area contributed by atoms with Crippen LogP contribution >= 0.6 is 11.3 Å². The average molecular weight is 580 g/mol. The average Bonchev–Trinajstić information content (AvgIpc) is 3.76. The number of benzene rings is 2. The molecule has 0 radical (unpaired) electrons. The molecule has 5 heterocycles. The van der Waals surface area contributed by atoms with Gasteiger partial charge in [0, 0.05) is 43.0 Å². The number of ether oxygens (including phenoxy) is 1. The standard InChI is InChI=1S/C28H24F3N7O2S/c29-18-12-24-25(33-15-37(24)13-18)26(27(39)34-28-32-3-8-41-28)38-14-19-20(30)10-17(11-22(19)35-38)16-1-2-23(21(31)9-16)36-4-6-40-7-5-36/h1-3,8-11,14-15,18,26H,4-7,12-13H2,(H,32,34,39). The monoisotopic (exact) mass is 579 g/mol. The first kappa shape index (κ1) is 25.7. The van der Waals surface area contributed by atoms with Crippen LogP contribution in [0.2, 0.25) is 0 Å². The van der Waals surface area contributed by atoms with Crippen LogP contribution in [0.15, 0.2) is 54.4 Å². The van der Waals surface area contributed by atoms with E-state index in [2.05, 4.69) is 20.4 Å². The summed E-state index contributed by atoms with van der Waals surface area (Å²) in [4.78, 5) is 24.0. The number of thiazole rings is 1. The van der Waals surface area contributed by atoms with E-state index in [1.54, 1.807) is 34.3 Å². The molecule has 1 amide bonds. The number of halogens is 3. The molecule has 41 heavy (non-hydrogen) atoms. The first-order chi connectivity index (χ1) is 19.9. The molecule has 2 aliphatic rings. The maximum atomic E-state index is 15.5. The molecular formula is C28H24F3N7O2S. The van der Waals surface area contributed by atoms with Crippen LogP contribution in [-0.4, -0.2) is 62.7 Å². The van der Waals surface area contributed by atoms with Crippen molar-refractivity contribution < 1.29 is 22.7 Å². The SMILES string of the molecule is O=C(Nc1nccs1)C(c1ncn2c1CC(F)C2)n1cc2c(F)cc(-c3ccc(N4CCOCC4)c(F)c3)cc2n1. The Kier molecular flexibility index (Phi) is 6.47.